The smallest absolute Gasteiger partial charge is 0.192 e. The third-order valence-electron chi connectivity index (χ3n) is 5.18. The van der Waals surface area contributed by atoms with Crippen molar-refractivity contribution in [2.45, 2.75) is 65.1 Å². The van der Waals surface area contributed by atoms with Crippen molar-refractivity contribution < 1.29 is 4.39 Å². The molecule has 154 valence electrons. The Morgan fingerprint density at radius 3 is 2.61 bits per heavy atom. The first-order valence-corrected chi connectivity index (χ1v) is 9.67. The van der Waals surface area contributed by atoms with Crippen LogP contribution in [0.4, 0.5) is 4.39 Å². The number of halogens is 2. The van der Waals surface area contributed by atoms with Crippen LogP contribution in [0.5, 0.6) is 0 Å². The van der Waals surface area contributed by atoms with Gasteiger partial charge in [-0.1, -0.05) is 31.4 Å². The topological polar surface area (TPSA) is 67.1 Å². The first-order valence-electron chi connectivity index (χ1n) is 9.67. The van der Waals surface area contributed by atoms with E-state index in [1.165, 1.54) is 38.2 Å². The summed E-state index contributed by atoms with van der Waals surface area (Å²) in [5.41, 5.74) is 1.64. The number of nitrogens with one attached hydrogen (secondary N) is 2. The molecule has 1 aliphatic carbocycles. The molecule has 0 aliphatic heterocycles. The molecule has 0 unspecified atom stereocenters. The number of aromatic nitrogens is 3. The molecule has 0 atom stereocenters. The van der Waals surface area contributed by atoms with Crippen molar-refractivity contribution in [2.24, 2.45) is 12.0 Å². The molecular weight excluding hydrogens is 470 g/mol. The van der Waals surface area contributed by atoms with Gasteiger partial charge in [0, 0.05) is 13.1 Å². The van der Waals surface area contributed by atoms with E-state index in [0.717, 1.165) is 23.2 Å². The van der Waals surface area contributed by atoms with Crippen LogP contribution in [0.25, 0.3) is 0 Å². The Morgan fingerprint density at radius 1 is 1.21 bits per heavy atom. The predicted octanol–water partition coefficient (Wildman–Crippen LogP) is 3.76. The molecule has 0 radical (unpaired) electrons. The molecule has 3 rings (SSSR count). The number of rotatable bonds is 5. The van der Waals surface area contributed by atoms with Crippen LogP contribution in [0.3, 0.4) is 0 Å². The summed E-state index contributed by atoms with van der Waals surface area (Å²) in [6.07, 6.45) is 6.15. The summed E-state index contributed by atoms with van der Waals surface area (Å²) >= 11 is 0. The quantitative estimate of drug-likeness (QED) is 0.373. The van der Waals surface area contributed by atoms with E-state index in [1.54, 1.807) is 13.0 Å². The summed E-state index contributed by atoms with van der Waals surface area (Å²) in [5, 5.41) is 15.2. The Balaban J connectivity index is 0.00000280. The van der Waals surface area contributed by atoms with Crippen LogP contribution < -0.4 is 10.6 Å². The third-order valence-corrected chi connectivity index (χ3v) is 5.18. The van der Waals surface area contributed by atoms with Crippen molar-refractivity contribution in [3.8, 4) is 0 Å². The number of hydrogen-bond donors (Lipinski definition) is 2. The van der Waals surface area contributed by atoms with Crippen molar-refractivity contribution in [3.05, 3.63) is 46.8 Å². The van der Waals surface area contributed by atoms with Crippen LogP contribution in [-0.2, 0) is 20.1 Å². The second kappa shape index (κ2) is 10.7. The first kappa shape index (κ1) is 22.6. The average Bonchev–Trinajstić information content (AvgIpc) is 2.99. The van der Waals surface area contributed by atoms with E-state index >= 15 is 0 Å². The molecule has 28 heavy (non-hydrogen) atoms. The maximum absolute atomic E-state index is 13.5. The van der Waals surface area contributed by atoms with Crippen LogP contribution in [0, 0.1) is 19.7 Å². The fourth-order valence-electron chi connectivity index (χ4n) is 3.34. The van der Waals surface area contributed by atoms with E-state index in [9.17, 15) is 4.39 Å². The minimum Gasteiger partial charge on any atom is -0.354 e. The average molecular weight is 500 g/mol. The minimum absolute atomic E-state index is 0. The molecule has 0 spiro atoms. The highest BCUT2D eigenvalue weighted by molar-refractivity contribution is 14.0. The Labute approximate surface area is 183 Å². The molecular formula is C20H30FIN6. The Kier molecular flexibility index (Phi) is 8.65. The standard InChI is InChI=1S/C20H29FN6.HI/c1-14-11-16(9-10-18(14)21)12-22-20(24-17-7-5-4-6-8-17)23-13-19-26-25-15(2)27(19)3;/h9-11,17H,4-8,12-13H2,1-3H3,(H2,22,23,24);1H. The minimum atomic E-state index is -0.181. The summed E-state index contributed by atoms with van der Waals surface area (Å²) in [5.74, 6) is 2.33. The van der Waals surface area contributed by atoms with Crippen molar-refractivity contribution in [1.29, 1.82) is 0 Å². The number of benzene rings is 1. The molecule has 1 aromatic carbocycles. The van der Waals surface area contributed by atoms with Gasteiger partial charge < -0.3 is 15.2 Å². The van der Waals surface area contributed by atoms with Gasteiger partial charge in [-0.15, -0.1) is 34.2 Å². The largest absolute Gasteiger partial charge is 0.354 e. The van der Waals surface area contributed by atoms with Gasteiger partial charge in [0.15, 0.2) is 11.8 Å². The van der Waals surface area contributed by atoms with Gasteiger partial charge in [0.05, 0.1) is 13.1 Å². The van der Waals surface area contributed by atoms with Gasteiger partial charge in [-0.05, 0) is 43.9 Å². The molecule has 0 saturated heterocycles. The molecule has 0 bridgehead atoms. The maximum Gasteiger partial charge on any atom is 0.192 e. The summed E-state index contributed by atoms with van der Waals surface area (Å²) in [4.78, 5) is 4.72. The van der Waals surface area contributed by atoms with E-state index in [1.807, 2.05) is 24.6 Å². The number of nitrogens with zero attached hydrogens (tertiary/aromatic N) is 4. The van der Waals surface area contributed by atoms with E-state index in [0.29, 0.717) is 24.7 Å². The van der Waals surface area contributed by atoms with E-state index in [4.69, 9.17) is 4.99 Å². The van der Waals surface area contributed by atoms with E-state index in [-0.39, 0.29) is 29.8 Å². The number of aliphatic imine (C=N–C) groups is 1. The summed E-state index contributed by atoms with van der Waals surface area (Å²) in [6.45, 7) is 4.76. The Morgan fingerprint density at radius 2 is 1.96 bits per heavy atom. The van der Waals surface area contributed by atoms with E-state index < -0.39 is 0 Å². The van der Waals surface area contributed by atoms with E-state index in [2.05, 4.69) is 20.8 Å². The lowest BCUT2D eigenvalue weighted by Crippen LogP contribution is -2.44. The Bertz CT molecular complexity index is 798. The highest BCUT2D eigenvalue weighted by atomic mass is 127. The zero-order valence-electron chi connectivity index (χ0n) is 16.8. The van der Waals surface area contributed by atoms with Crippen molar-refractivity contribution in [1.82, 2.24) is 25.4 Å². The number of hydrogen-bond acceptors (Lipinski definition) is 3. The maximum atomic E-state index is 13.5. The fourth-order valence-corrected chi connectivity index (χ4v) is 3.34. The summed E-state index contributed by atoms with van der Waals surface area (Å²) in [7, 11) is 1.96. The molecule has 1 heterocycles. The van der Waals surface area contributed by atoms with Crippen LogP contribution in [0.15, 0.2) is 23.2 Å². The molecule has 1 fully saturated rings. The SMILES string of the molecule is Cc1cc(CN=C(NCc2nnc(C)n2C)NC2CCCCC2)ccc1F.I. The van der Waals surface area contributed by atoms with Crippen LogP contribution in [-0.4, -0.2) is 26.8 Å². The zero-order chi connectivity index (χ0) is 19.2. The van der Waals surface area contributed by atoms with Crippen molar-refractivity contribution in [3.63, 3.8) is 0 Å². The van der Waals surface area contributed by atoms with Crippen LogP contribution in [0.2, 0.25) is 0 Å². The van der Waals surface area contributed by atoms with Crippen LogP contribution >= 0.6 is 24.0 Å². The summed E-state index contributed by atoms with van der Waals surface area (Å²) < 4.78 is 15.4. The fraction of sp³-hybridized carbons (Fsp3) is 0.550. The molecule has 1 aliphatic rings. The van der Waals surface area contributed by atoms with Gasteiger partial charge in [0.1, 0.15) is 11.6 Å². The molecule has 8 heteroatoms. The molecule has 2 N–H and O–H groups in total. The van der Waals surface area contributed by atoms with Crippen LogP contribution in [0.1, 0.15) is 54.9 Å². The normalized spacial score (nSPS) is 15.2. The monoisotopic (exact) mass is 500 g/mol. The molecule has 1 aromatic heterocycles. The van der Waals surface area contributed by atoms with Crippen molar-refractivity contribution >= 4 is 29.9 Å². The summed E-state index contributed by atoms with van der Waals surface area (Å²) in [6, 6.07) is 5.59. The highest BCUT2D eigenvalue weighted by Gasteiger charge is 2.15. The lowest BCUT2D eigenvalue weighted by Gasteiger charge is -2.25. The van der Waals surface area contributed by atoms with Crippen molar-refractivity contribution in [2.75, 3.05) is 0 Å². The number of aryl methyl sites for hydroxylation is 2. The first-order chi connectivity index (χ1) is 13.0. The molecule has 1 saturated carbocycles. The molecule has 2 aromatic rings. The van der Waals surface area contributed by atoms with Gasteiger partial charge >= 0.3 is 0 Å². The molecule has 6 nitrogen and oxygen atoms in total. The van der Waals surface area contributed by atoms with Gasteiger partial charge in [-0.2, -0.15) is 0 Å². The van der Waals surface area contributed by atoms with Gasteiger partial charge in [0.25, 0.3) is 0 Å². The molecule has 0 amide bonds. The number of guanidine groups is 1. The second-order valence-corrected chi connectivity index (χ2v) is 7.30. The van der Waals surface area contributed by atoms with Gasteiger partial charge in [-0.25, -0.2) is 9.38 Å². The Hall–Kier alpha value is -1.71. The highest BCUT2D eigenvalue weighted by Crippen LogP contribution is 2.17. The second-order valence-electron chi connectivity index (χ2n) is 7.30. The zero-order valence-corrected chi connectivity index (χ0v) is 19.2. The predicted molar refractivity (Wildman–Crippen MR) is 120 cm³/mol. The van der Waals surface area contributed by atoms with Gasteiger partial charge in [-0.3, -0.25) is 0 Å². The lowest BCUT2D eigenvalue weighted by atomic mass is 9.96. The lowest BCUT2D eigenvalue weighted by molar-refractivity contribution is 0.409. The van der Waals surface area contributed by atoms with Gasteiger partial charge in [0.2, 0.25) is 0 Å². The third kappa shape index (κ3) is 6.15.